The van der Waals surface area contributed by atoms with Crippen molar-refractivity contribution < 1.29 is 12.8 Å². The number of halogens is 2. The van der Waals surface area contributed by atoms with Gasteiger partial charge in [0.05, 0.1) is 5.02 Å². The van der Waals surface area contributed by atoms with Crippen LogP contribution in [0.15, 0.2) is 41.4 Å². The summed E-state index contributed by atoms with van der Waals surface area (Å²) in [5.41, 5.74) is 1.83. The highest BCUT2D eigenvalue weighted by atomic mass is 35.5. The van der Waals surface area contributed by atoms with Crippen molar-refractivity contribution in [2.45, 2.75) is 4.90 Å². The first-order valence-corrected chi connectivity index (χ1v) is 7.20. The van der Waals surface area contributed by atoms with E-state index < -0.39 is 15.8 Å². The molecular weight excluding hydrogens is 307 g/mol. The smallest absolute Gasteiger partial charge is 0.265 e. The maximum Gasteiger partial charge on any atom is 0.265 e. The Morgan fingerprint density at radius 3 is 2.65 bits per heavy atom. The van der Waals surface area contributed by atoms with Gasteiger partial charge in [0.25, 0.3) is 10.0 Å². The lowest BCUT2D eigenvalue weighted by molar-refractivity contribution is 0.598. The van der Waals surface area contributed by atoms with Gasteiger partial charge in [-0.1, -0.05) is 17.7 Å². The molecule has 0 saturated carbocycles. The van der Waals surface area contributed by atoms with Crippen molar-refractivity contribution in [1.82, 2.24) is 4.98 Å². The second-order valence-corrected chi connectivity index (χ2v) is 5.75. The van der Waals surface area contributed by atoms with E-state index in [9.17, 15) is 12.8 Å². The molecule has 0 aliphatic carbocycles. The van der Waals surface area contributed by atoms with Gasteiger partial charge in [-0.3, -0.25) is 4.72 Å². The summed E-state index contributed by atoms with van der Waals surface area (Å²) < 4.78 is 40.1. The third kappa shape index (κ3) is 2.82. The molecule has 0 atom stereocenters. The zero-order valence-corrected chi connectivity index (χ0v) is 11.5. The quantitative estimate of drug-likeness (QED) is 0.592. The summed E-state index contributed by atoms with van der Waals surface area (Å²) in [6.45, 7) is 0. The number of para-hydroxylation sites is 1. The Morgan fingerprint density at radius 1 is 1.25 bits per heavy atom. The molecule has 0 fully saturated rings. The molecule has 1 aromatic heterocycles. The Balaban J connectivity index is 2.47. The molecule has 1 aromatic carbocycles. The lowest BCUT2D eigenvalue weighted by Gasteiger charge is -2.12. The summed E-state index contributed by atoms with van der Waals surface area (Å²) in [5, 5.41) is -0.0558. The van der Waals surface area contributed by atoms with E-state index in [1.807, 2.05) is 0 Å². The van der Waals surface area contributed by atoms with Crippen molar-refractivity contribution >= 4 is 33.1 Å². The predicted octanol–water partition coefficient (Wildman–Crippen LogP) is 1.96. The number of sulfonamides is 1. The highest BCUT2D eigenvalue weighted by molar-refractivity contribution is 7.92. The molecule has 106 valence electrons. The molecule has 0 spiro atoms. The maximum absolute atomic E-state index is 13.6. The van der Waals surface area contributed by atoms with E-state index >= 15 is 0 Å². The van der Waals surface area contributed by atoms with Crippen molar-refractivity contribution in [3.8, 4) is 0 Å². The molecule has 0 unspecified atom stereocenters. The third-order valence-electron chi connectivity index (χ3n) is 2.40. The molecule has 0 radical (unpaired) electrons. The fourth-order valence-corrected chi connectivity index (χ4v) is 2.98. The van der Waals surface area contributed by atoms with E-state index in [0.29, 0.717) is 0 Å². The van der Waals surface area contributed by atoms with Gasteiger partial charge >= 0.3 is 0 Å². The first-order valence-electron chi connectivity index (χ1n) is 5.34. The maximum atomic E-state index is 13.6. The summed E-state index contributed by atoms with van der Waals surface area (Å²) in [4.78, 5) is 3.55. The molecular formula is C11H10ClFN4O2S. The zero-order valence-electron chi connectivity index (χ0n) is 9.97. The monoisotopic (exact) mass is 316 g/mol. The summed E-state index contributed by atoms with van der Waals surface area (Å²) in [6.07, 6.45) is 1.37. The van der Waals surface area contributed by atoms with Crippen LogP contribution in [0, 0.1) is 5.82 Å². The van der Waals surface area contributed by atoms with Crippen LogP contribution < -0.4 is 16.0 Å². The number of nitrogen functional groups attached to an aromatic ring is 1. The highest BCUT2D eigenvalue weighted by Crippen LogP contribution is 2.28. The Bertz CT molecular complexity index is 719. The molecule has 1 heterocycles. The van der Waals surface area contributed by atoms with Gasteiger partial charge in [-0.25, -0.2) is 23.6 Å². The van der Waals surface area contributed by atoms with Crippen LogP contribution in [-0.4, -0.2) is 13.4 Å². The largest absolute Gasteiger partial charge is 0.307 e. The Morgan fingerprint density at radius 2 is 2.00 bits per heavy atom. The van der Waals surface area contributed by atoms with Gasteiger partial charge in [0, 0.05) is 6.20 Å². The van der Waals surface area contributed by atoms with Gasteiger partial charge < -0.3 is 5.43 Å². The standard InChI is InChI=1S/C11H10ClFN4O2S/c12-7-3-1-4-8(13)10(7)17-20(18,19)9-5-2-6-15-11(9)16-14/h1-6,17H,14H2,(H,15,16). The first-order chi connectivity index (χ1) is 9.45. The number of rotatable bonds is 4. The number of nitrogens with zero attached hydrogens (tertiary/aromatic N) is 1. The van der Waals surface area contributed by atoms with Crippen LogP contribution >= 0.6 is 11.6 Å². The minimum atomic E-state index is -4.08. The van der Waals surface area contributed by atoms with Crippen molar-refractivity contribution in [3.63, 3.8) is 0 Å². The molecule has 9 heteroatoms. The second-order valence-electron chi connectivity index (χ2n) is 3.70. The number of pyridine rings is 1. The third-order valence-corrected chi connectivity index (χ3v) is 4.09. The Labute approximate surface area is 119 Å². The number of nitrogens with one attached hydrogen (secondary N) is 2. The second kappa shape index (κ2) is 5.61. The molecule has 0 aliphatic heterocycles. The first kappa shape index (κ1) is 14.5. The molecule has 0 amide bonds. The van der Waals surface area contributed by atoms with E-state index in [4.69, 9.17) is 17.4 Å². The summed E-state index contributed by atoms with van der Waals surface area (Å²) in [6, 6.07) is 6.52. The van der Waals surface area contributed by atoms with Gasteiger partial charge in [0.15, 0.2) is 5.82 Å². The van der Waals surface area contributed by atoms with Crippen molar-refractivity contribution in [2.75, 3.05) is 10.1 Å². The highest BCUT2D eigenvalue weighted by Gasteiger charge is 2.21. The van der Waals surface area contributed by atoms with Crippen LogP contribution in [0.2, 0.25) is 5.02 Å². The normalized spacial score (nSPS) is 11.2. The number of hydrogen-bond acceptors (Lipinski definition) is 5. The van der Waals surface area contributed by atoms with E-state index in [1.54, 1.807) is 0 Å². The molecule has 2 aromatic rings. The minimum absolute atomic E-state index is 0.0558. The molecule has 0 saturated heterocycles. The van der Waals surface area contributed by atoms with Crippen LogP contribution in [0.5, 0.6) is 0 Å². The number of hydrogen-bond donors (Lipinski definition) is 3. The number of aromatic nitrogens is 1. The van der Waals surface area contributed by atoms with E-state index in [1.165, 1.54) is 30.5 Å². The summed E-state index contributed by atoms with van der Waals surface area (Å²) in [5.74, 6) is 4.35. The van der Waals surface area contributed by atoms with Gasteiger partial charge in [-0.05, 0) is 24.3 Å². The van der Waals surface area contributed by atoms with E-state index in [-0.39, 0.29) is 21.4 Å². The van der Waals surface area contributed by atoms with Crippen LogP contribution in [0.25, 0.3) is 0 Å². The van der Waals surface area contributed by atoms with Crippen molar-refractivity contribution in [3.05, 3.63) is 47.4 Å². The molecule has 20 heavy (non-hydrogen) atoms. The Kier molecular flexibility index (Phi) is 4.07. The SMILES string of the molecule is NNc1ncccc1S(=O)(=O)Nc1c(F)cccc1Cl. The topological polar surface area (TPSA) is 97.1 Å². The molecule has 6 nitrogen and oxygen atoms in total. The van der Waals surface area contributed by atoms with Crippen LogP contribution in [0.1, 0.15) is 0 Å². The van der Waals surface area contributed by atoms with Crippen molar-refractivity contribution in [1.29, 1.82) is 0 Å². The van der Waals surface area contributed by atoms with Gasteiger partial charge in [0.2, 0.25) is 0 Å². The summed E-state index contributed by atoms with van der Waals surface area (Å²) >= 11 is 5.77. The van der Waals surface area contributed by atoms with Crippen LogP contribution in [0.3, 0.4) is 0 Å². The lowest BCUT2D eigenvalue weighted by Crippen LogP contribution is -2.19. The number of benzene rings is 1. The Hall–Kier alpha value is -1.90. The molecule has 0 aliphatic rings. The average molecular weight is 317 g/mol. The lowest BCUT2D eigenvalue weighted by atomic mass is 10.3. The van der Waals surface area contributed by atoms with E-state index in [2.05, 4.69) is 15.1 Å². The predicted molar refractivity (Wildman–Crippen MR) is 74.3 cm³/mol. The fourth-order valence-electron chi connectivity index (χ4n) is 1.50. The van der Waals surface area contributed by atoms with Crippen molar-refractivity contribution in [2.24, 2.45) is 5.84 Å². The number of nitrogens with two attached hydrogens (primary N) is 1. The van der Waals surface area contributed by atoms with E-state index in [0.717, 1.165) is 6.07 Å². The van der Waals surface area contributed by atoms with Gasteiger partial charge in [-0.2, -0.15) is 0 Å². The fraction of sp³-hybridized carbons (Fsp3) is 0. The van der Waals surface area contributed by atoms with Crippen LogP contribution in [-0.2, 0) is 10.0 Å². The number of hydrazine groups is 1. The van der Waals surface area contributed by atoms with Crippen LogP contribution in [0.4, 0.5) is 15.9 Å². The molecule has 2 rings (SSSR count). The summed E-state index contributed by atoms with van der Waals surface area (Å²) in [7, 11) is -4.08. The molecule has 0 bridgehead atoms. The molecule has 4 N–H and O–H groups in total. The zero-order chi connectivity index (χ0) is 14.8. The van der Waals surface area contributed by atoms with Gasteiger partial charge in [-0.15, -0.1) is 0 Å². The van der Waals surface area contributed by atoms with Gasteiger partial charge in [0.1, 0.15) is 16.4 Å². The minimum Gasteiger partial charge on any atom is -0.307 e. The number of anilines is 2. The average Bonchev–Trinajstić information content (AvgIpc) is 2.43.